The molecule has 6 heteroatoms. The van der Waals surface area contributed by atoms with Crippen LogP contribution >= 0.6 is 0 Å². The highest BCUT2D eigenvalue weighted by molar-refractivity contribution is 5.87. The molecular weight excluding hydrogens is 320 g/mol. The van der Waals surface area contributed by atoms with Gasteiger partial charge in [-0.1, -0.05) is 30.3 Å². The zero-order valence-corrected chi connectivity index (χ0v) is 14.6. The predicted molar refractivity (Wildman–Crippen MR) is 92.9 cm³/mol. The van der Waals surface area contributed by atoms with Crippen molar-refractivity contribution in [1.82, 2.24) is 9.80 Å². The zero-order chi connectivity index (χ0) is 17.8. The molecule has 2 fully saturated rings. The Morgan fingerprint density at radius 2 is 2.00 bits per heavy atom. The number of carbonyl (C=O) groups excluding carboxylic acids is 2. The molecule has 1 aromatic carbocycles. The van der Waals surface area contributed by atoms with E-state index >= 15 is 0 Å². The minimum absolute atomic E-state index is 0.00927. The third-order valence-electron chi connectivity index (χ3n) is 5.02. The van der Waals surface area contributed by atoms with Crippen molar-refractivity contribution in [2.75, 3.05) is 26.2 Å². The van der Waals surface area contributed by atoms with E-state index in [4.69, 9.17) is 4.74 Å². The van der Waals surface area contributed by atoms with Crippen LogP contribution in [0.5, 0.6) is 0 Å². The number of amides is 2. The van der Waals surface area contributed by atoms with Crippen LogP contribution in [-0.4, -0.2) is 71.2 Å². The number of likely N-dealkylation sites (tertiary alicyclic amines) is 1. The second kappa shape index (κ2) is 7.97. The van der Waals surface area contributed by atoms with Gasteiger partial charge in [0.15, 0.2) is 0 Å². The van der Waals surface area contributed by atoms with Gasteiger partial charge in [-0.2, -0.15) is 0 Å². The number of benzene rings is 1. The molecule has 0 aliphatic carbocycles. The number of hydrogen-bond acceptors (Lipinski definition) is 4. The molecule has 2 aliphatic rings. The number of aliphatic hydroxyl groups excluding tert-OH is 1. The highest BCUT2D eigenvalue weighted by Crippen LogP contribution is 2.22. The number of morpholine rings is 1. The number of β-amino-alcohol motifs (C(OH)–C–C–N with tert-alkyl or cyclic N) is 1. The fourth-order valence-electron chi connectivity index (χ4n) is 3.67. The molecule has 0 bridgehead atoms. The molecular formula is C19H26N2O4. The predicted octanol–water partition coefficient (Wildman–Crippen LogP) is 0.828. The Kier molecular flexibility index (Phi) is 5.71. The largest absolute Gasteiger partial charge is 0.391 e. The van der Waals surface area contributed by atoms with Gasteiger partial charge in [-0.15, -0.1) is 0 Å². The lowest BCUT2D eigenvalue weighted by molar-refractivity contribution is -0.148. The van der Waals surface area contributed by atoms with Crippen molar-refractivity contribution in [3.8, 4) is 0 Å². The molecule has 1 N–H and O–H groups in total. The minimum atomic E-state index is -0.618. The lowest BCUT2D eigenvalue weighted by Gasteiger charge is -2.36. The van der Waals surface area contributed by atoms with Crippen molar-refractivity contribution in [1.29, 1.82) is 0 Å². The van der Waals surface area contributed by atoms with Gasteiger partial charge in [0.2, 0.25) is 11.8 Å². The highest BCUT2D eigenvalue weighted by atomic mass is 16.5. The van der Waals surface area contributed by atoms with Crippen molar-refractivity contribution in [3.05, 3.63) is 35.9 Å². The molecule has 3 rings (SSSR count). The van der Waals surface area contributed by atoms with E-state index < -0.39 is 12.1 Å². The zero-order valence-electron chi connectivity index (χ0n) is 14.6. The van der Waals surface area contributed by atoms with Crippen LogP contribution in [0.25, 0.3) is 0 Å². The number of aryl methyl sites for hydroxylation is 1. The van der Waals surface area contributed by atoms with E-state index in [2.05, 4.69) is 12.1 Å². The van der Waals surface area contributed by atoms with Crippen molar-refractivity contribution in [3.63, 3.8) is 0 Å². The third-order valence-corrected chi connectivity index (χ3v) is 5.02. The first-order valence-electron chi connectivity index (χ1n) is 8.94. The quantitative estimate of drug-likeness (QED) is 0.877. The average Bonchev–Trinajstić information content (AvgIpc) is 3.02. The van der Waals surface area contributed by atoms with E-state index in [-0.39, 0.29) is 24.5 Å². The fraction of sp³-hybridized carbons (Fsp3) is 0.579. The SMILES string of the molecule is CC(=O)N1C[C@@H](O)C[C@@H]1C(=O)N1CCO[C@@H](CCc2ccccc2)C1. The summed E-state index contributed by atoms with van der Waals surface area (Å²) in [5.41, 5.74) is 1.26. The first kappa shape index (κ1) is 17.9. The van der Waals surface area contributed by atoms with Gasteiger partial charge in [-0.05, 0) is 18.4 Å². The van der Waals surface area contributed by atoms with Crippen LogP contribution in [0.3, 0.4) is 0 Å². The Labute approximate surface area is 148 Å². The summed E-state index contributed by atoms with van der Waals surface area (Å²) >= 11 is 0. The van der Waals surface area contributed by atoms with Crippen molar-refractivity contribution in [2.24, 2.45) is 0 Å². The molecule has 2 amide bonds. The maximum Gasteiger partial charge on any atom is 0.245 e. The second-order valence-electron chi connectivity index (χ2n) is 6.88. The van der Waals surface area contributed by atoms with Gasteiger partial charge >= 0.3 is 0 Å². The Balaban J connectivity index is 1.57. The molecule has 2 aliphatic heterocycles. The molecule has 0 radical (unpaired) electrons. The Morgan fingerprint density at radius 3 is 2.72 bits per heavy atom. The Bertz CT molecular complexity index is 607. The lowest BCUT2D eigenvalue weighted by atomic mass is 10.0. The number of ether oxygens (including phenoxy) is 1. The number of rotatable bonds is 4. The number of aliphatic hydroxyl groups is 1. The molecule has 0 spiro atoms. The summed E-state index contributed by atoms with van der Waals surface area (Å²) in [6.07, 6.45) is 1.49. The van der Waals surface area contributed by atoms with Crippen molar-refractivity contribution < 1.29 is 19.4 Å². The second-order valence-corrected chi connectivity index (χ2v) is 6.88. The maximum absolute atomic E-state index is 12.8. The molecule has 0 saturated carbocycles. The molecule has 1 aromatic rings. The van der Waals surface area contributed by atoms with E-state index in [9.17, 15) is 14.7 Å². The summed E-state index contributed by atoms with van der Waals surface area (Å²) in [6, 6.07) is 9.69. The Morgan fingerprint density at radius 1 is 1.24 bits per heavy atom. The van der Waals surface area contributed by atoms with E-state index in [1.54, 1.807) is 4.90 Å². The standard InChI is InChI=1S/C19H26N2O4/c1-14(22)21-12-16(23)11-18(21)19(24)20-9-10-25-17(13-20)8-7-15-5-3-2-4-6-15/h2-6,16-18,23H,7-13H2,1H3/t16-,17-,18+/m0/s1. The Hall–Kier alpha value is -1.92. The van der Waals surface area contributed by atoms with E-state index in [0.717, 1.165) is 12.8 Å². The van der Waals surface area contributed by atoms with Crippen LogP contribution in [0.4, 0.5) is 0 Å². The number of nitrogens with zero attached hydrogens (tertiary/aromatic N) is 2. The fourth-order valence-corrected chi connectivity index (χ4v) is 3.67. The first-order chi connectivity index (χ1) is 12.0. The summed E-state index contributed by atoms with van der Waals surface area (Å²) in [5.74, 6) is -0.233. The average molecular weight is 346 g/mol. The van der Waals surface area contributed by atoms with Crippen molar-refractivity contribution >= 4 is 11.8 Å². The maximum atomic E-state index is 12.8. The van der Waals surface area contributed by atoms with Crippen LogP contribution in [0, 0.1) is 0 Å². The normalized spacial score (nSPS) is 26.7. The van der Waals surface area contributed by atoms with Crippen LogP contribution in [0.1, 0.15) is 25.3 Å². The minimum Gasteiger partial charge on any atom is -0.391 e. The smallest absolute Gasteiger partial charge is 0.245 e. The molecule has 0 aromatic heterocycles. The monoisotopic (exact) mass is 346 g/mol. The van der Waals surface area contributed by atoms with E-state index in [1.165, 1.54) is 17.4 Å². The molecule has 2 heterocycles. The molecule has 136 valence electrons. The van der Waals surface area contributed by atoms with Gasteiger partial charge in [-0.25, -0.2) is 0 Å². The molecule has 3 atom stereocenters. The third kappa shape index (κ3) is 4.38. The summed E-state index contributed by atoms with van der Waals surface area (Å²) in [4.78, 5) is 27.9. The first-order valence-corrected chi connectivity index (χ1v) is 8.94. The lowest BCUT2D eigenvalue weighted by Crippen LogP contribution is -2.52. The van der Waals surface area contributed by atoms with Crippen LogP contribution in [-0.2, 0) is 20.7 Å². The topological polar surface area (TPSA) is 70.1 Å². The van der Waals surface area contributed by atoms with Crippen molar-refractivity contribution in [2.45, 2.75) is 44.4 Å². The summed E-state index contributed by atoms with van der Waals surface area (Å²) < 4.78 is 5.81. The molecule has 6 nitrogen and oxygen atoms in total. The number of carbonyl (C=O) groups is 2. The summed E-state index contributed by atoms with van der Waals surface area (Å²) in [6.45, 7) is 3.29. The van der Waals surface area contributed by atoms with Gasteiger partial charge < -0.3 is 19.6 Å². The highest BCUT2D eigenvalue weighted by Gasteiger charge is 2.40. The van der Waals surface area contributed by atoms with E-state index in [1.807, 2.05) is 18.2 Å². The summed E-state index contributed by atoms with van der Waals surface area (Å²) in [5, 5.41) is 9.84. The number of hydrogen-bond donors (Lipinski definition) is 1. The molecule has 25 heavy (non-hydrogen) atoms. The summed E-state index contributed by atoms with van der Waals surface area (Å²) in [7, 11) is 0. The van der Waals surface area contributed by atoms with Gasteiger partial charge in [0, 0.05) is 33.0 Å². The molecule has 0 unspecified atom stereocenters. The van der Waals surface area contributed by atoms with Gasteiger partial charge in [0.25, 0.3) is 0 Å². The van der Waals surface area contributed by atoms with Crippen LogP contribution in [0.15, 0.2) is 30.3 Å². The molecule has 2 saturated heterocycles. The van der Waals surface area contributed by atoms with Gasteiger partial charge in [-0.3, -0.25) is 9.59 Å². The van der Waals surface area contributed by atoms with Crippen LogP contribution in [0.2, 0.25) is 0 Å². The van der Waals surface area contributed by atoms with E-state index in [0.29, 0.717) is 26.1 Å². The van der Waals surface area contributed by atoms with Crippen LogP contribution < -0.4 is 0 Å². The van der Waals surface area contributed by atoms with Gasteiger partial charge in [0.05, 0.1) is 18.8 Å². The van der Waals surface area contributed by atoms with Gasteiger partial charge in [0.1, 0.15) is 6.04 Å².